The summed E-state index contributed by atoms with van der Waals surface area (Å²) >= 11 is 0. The normalized spacial score (nSPS) is 12.4. The van der Waals surface area contributed by atoms with Crippen LogP contribution in [-0.2, 0) is 6.54 Å². The standard InChI is InChI=1S/C22H23NO4/c1-23-12-15-14(9-10-17(24-2)21(15)26-4)20-19-13(7-6-8-16(19)23)11-18(25-3)22(20)27-5/h6-11H,12H2,1-5H3. The van der Waals surface area contributed by atoms with E-state index in [1.165, 1.54) is 0 Å². The van der Waals surface area contributed by atoms with Crippen LogP contribution in [0.15, 0.2) is 36.4 Å². The molecule has 0 radical (unpaired) electrons. The number of fused-ring (bicyclic) bond motifs is 2. The molecule has 0 saturated carbocycles. The van der Waals surface area contributed by atoms with Gasteiger partial charge in [-0.2, -0.15) is 0 Å². The van der Waals surface area contributed by atoms with Crippen LogP contribution in [0.4, 0.5) is 5.69 Å². The zero-order valence-electron chi connectivity index (χ0n) is 16.3. The van der Waals surface area contributed by atoms with Gasteiger partial charge in [0.15, 0.2) is 23.0 Å². The van der Waals surface area contributed by atoms with Crippen molar-refractivity contribution in [2.24, 2.45) is 0 Å². The first-order valence-electron chi connectivity index (χ1n) is 8.77. The van der Waals surface area contributed by atoms with E-state index >= 15 is 0 Å². The van der Waals surface area contributed by atoms with Gasteiger partial charge in [-0.05, 0) is 35.2 Å². The Balaban J connectivity index is 2.20. The van der Waals surface area contributed by atoms with E-state index in [2.05, 4.69) is 36.2 Å². The molecule has 3 aromatic carbocycles. The number of rotatable bonds is 4. The second kappa shape index (κ2) is 6.58. The molecule has 140 valence electrons. The monoisotopic (exact) mass is 365 g/mol. The molecule has 1 aliphatic rings. The molecule has 5 heteroatoms. The van der Waals surface area contributed by atoms with Gasteiger partial charge >= 0.3 is 0 Å². The van der Waals surface area contributed by atoms with Crippen LogP contribution in [-0.4, -0.2) is 35.5 Å². The lowest BCUT2D eigenvalue weighted by Crippen LogP contribution is -2.16. The van der Waals surface area contributed by atoms with Gasteiger partial charge in [-0.25, -0.2) is 0 Å². The highest BCUT2D eigenvalue weighted by molar-refractivity contribution is 6.10. The first kappa shape index (κ1) is 17.3. The average molecular weight is 365 g/mol. The molecule has 0 aromatic heterocycles. The zero-order valence-corrected chi connectivity index (χ0v) is 16.3. The van der Waals surface area contributed by atoms with E-state index < -0.39 is 0 Å². The number of anilines is 1. The Morgan fingerprint density at radius 1 is 0.815 bits per heavy atom. The molecule has 0 fully saturated rings. The molecule has 0 bridgehead atoms. The van der Waals surface area contributed by atoms with Crippen LogP contribution < -0.4 is 23.8 Å². The van der Waals surface area contributed by atoms with E-state index in [0.29, 0.717) is 18.0 Å². The number of hydrogen-bond acceptors (Lipinski definition) is 5. The summed E-state index contributed by atoms with van der Waals surface area (Å²) in [6.45, 7) is 0.689. The Kier molecular flexibility index (Phi) is 4.22. The van der Waals surface area contributed by atoms with Gasteiger partial charge in [0, 0.05) is 35.8 Å². The summed E-state index contributed by atoms with van der Waals surface area (Å²) in [4.78, 5) is 2.23. The van der Waals surface area contributed by atoms with Gasteiger partial charge in [0.25, 0.3) is 0 Å². The van der Waals surface area contributed by atoms with Gasteiger partial charge in [0.05, 0.1) is 28.4 Å². The smallest absolute Gasteiger partial charge is 0.169 e. The molecule has 0 spiro atoms. The molecule has 5 nitrogen and oxygen atoms in total. The first-order valence-corrected chi connectivity index (χ1v) is 8.77. The molecular formula is C22H23NO4. The third-order valence-electron chi connectivity index (χ3n) is 5.21. The summed E-state index contributed by atoms with van der Waals surface area (Å²) in [5.41, 5.74) is 4.28. The Labute approximate surface area is 159 Å². The number of benzene rings is 3. The van der Waals surface area contributed by atoms with Crippen molar-refractivity contribution >= 4 is 16.5 Å². The van der Waals surface area contributed by atoms with Crippen molar-refractivity contribution in [2.45, 2.75) is 6.54 Å². The Morgan fingerprint density at radius 2 is 1.56 bits per heavy atom. The molecule has 0 N–H and O–H groups in total. The lowest BCUT2D eigenvalue weighted by molar-refractivity contribution is 0.351. The fourth-order valence-electron chi connectivity index (χ4n) is 4.03. The maximum atomic E-state index is 5.82. The van der Waals surface area contributed by atoms with Crippen LogP contribution in [0.5, 0.6) is 23.0 Å². The minimum atomic E-state index is 0.689. The predicted octanol–water partition coefficient (Wildman–Crippen LogP) is 4.49. The largest absolute Gasteiger partial charge is 0.493 e. The summed E-state index contributed by atoms with van der Waals surface area (Å²) in [7, 11) is 8.76. The van der Waals surface area contributed by atoms with Gasteiger partial charge in [0.1, 0.15) is 0 Å². The van der Waals surface area contributed by atoms with Crippen LogP contribution in [0.25, 0.3) is 21.9 Å². The van der Waals surface area contributed by atoms with Crippen LogP contribution in [0.2, 0.25) is 0 Å². The molecule has 0 saturated heterocycles. The molecule has 27 heavy (non-hydrogen) atoms. The van der Waals surface area contributed by atoms with E-state index in [4.69, 9.17) is 18.9 Å². The second-order valence-corrected chi connectivity index (χ2v) is 6.55. The second-order valence-electron chi connectivity index (χ2n) is 6.55. The Hall–Kier alpha value is -3.08. The highest BCUT2D eigenvalue weighted by Gasteiger charge is 2.28. The average Bonchev–Trinajstić information content (AvgIpc) is 2.83. The molecule has 4 rings (SSSR count). The molecule has 1 aliphatic heterocycles. The van der Waals surface area contributed by atoms with Crippen molar-refractivity contribution in [3.8, 4) is 34.1 Å². The SMILES string of the molecule is COc1ccc2c(c1OC)CN(C)c1cccc3cc(OC)c(OC)c-2c13. The molecular weight excluding hydrogens is 342 g/mol. The van der Waals surface area contributed by atoms with E-state index in [9.17, 15) is 0 Å². The van der Waals surface area contributed by atoms with Gasteiger partial charge in [0.2, 0.25) is 0 Å². The third kappa shape index (κ3) is 2.46. The quantitative estimate of drug-likeness (QED) is 0.681. The highest BCUT2D eigenvalue weighted by Crippen LogP contribution is 2.52. The number of methoxy groups -OCH3 is 4. The summed E-state index contributed by atoms with van der Waals surface area (Å²) in [5, 5.41) is 2.25. The Bertz CT molecular complexity index is 1030. The lowest BCUT2D eigenvalue weighted by atomic mass is 9.93. The van der Waals surface area contributed by atoms with E-state index in [1.54, 1.807) is 28.4 Å². The van der Waals surface area contributed by atoms with Crippen molar-refractivity contribution in [1.82, 2.24) is 0 Å². The van der Waals surface area contributed by atoms with Crippen molar-refractivity contribution < 1.29 is 18.9 Å². The predicted molar refractivity (Wildman–Crippen MR) is 108 cm³/mol. The van der Waals surface area contributed by atoms with Gasteiger partial charge in [-0.15, -0.1) is 0 Å². The molecule has 3 aromatic rings. The van der Waals surface area contributed by atoms with Crippen LogP contribution in [0, 0.1) is 0 Å². The van der Waals surface area contributed by atoms with Crippen molar-refractivity contribution in [3.63, 3.8) is 0 Å². The van der Waals surface area contributed by atoms with E-state index in [-0.39, 0.29) is 0 Å². The number of nitrogens with zero attached hydrogens (tertiary/aromatic N) is 1. The number of ether oxygens (including phenoxy) is 4. The molecule has 1 heterocycles. The summed E-state index contributed by atoms with van der Waals surface area (Å²) in [6, 6.07) is 12.3. The lowest BCUT2D eigenvalue weighted by Gasteiger charge is -2.21. The minimum Gasteiger partial charge on any atom is -0.493 e. The fourth-order valence-corrected chi connectivity index (χ4v) is 4.03. The summed E-state index contributed by atoms with van der Waals surface area (Å²) < 4.78 is 22.7. The minimum absolute atomic E-state index is 0.689. The zero-order chi connectivity index (χ0) is 19.1. The maximum Gasteiger partial charge on any atom is 0.169 e. The van der Waals surface area contributed by atoms with Gasteiger partial charge in [-0.1, -0.05) is 12.1 Å². The van der Waals surface area contributed by atoms with E-state index in [1.807, 2.05) is 12.1 Å². The van der Waals surface area contributed by atoms with Crippen molar-refractivity contribution in [1.29, 1.82) is 0 Å². The van der Waals surface area contributed by atoms with Crippen LogP contribution in [0.1, 0.15) is 5.56 Å². The van der Waals surface area contributed by atoms with Gasteiger partial charge < -0.3 is 23.8 Å². The van der Waals surface area contributed by atoms with Gasteiger partial charge in [-0.3, -0.25) is 0 Å². The van der Waals surface area contributed by atoms with E-state index in [0.717, 1.165) is 44.6 Å². The topological polar surface area (TPSA) is 40.2 Å². The summed E-state index contributed by atoms with van der Waals surface area (Å²) in [6.07, 6.45) is 0. The van der Waals surface area contributed by atoms with Crippen molar-refractivity contribution in [2.75, 3.05) is 40.4 Å². The molecule has 0 atom stereocenters. The molecule has 0 unspecified atom stereocenters. The Morgan fingerprint density at radius 3 is 2.22 bits per heavy atom. The fraction of sp³-hybridized carbons (Fsp3) is 0.273. The summed E-state index contributed by atoms with van der Waals surface area (Å²) in [5.74, 6) is 2.89. The third-order valence-corrected chi connectivity index (χ3v) is 5.21. The maximum absolute atomic E-state index is 5.82. The first-order chi connectivity index (χ1) is 13.1. The number of hydrogen-bond donors (Lipinski definition) is 0. The van der Waals surface area contributed by atoms with Crippen molar-refractivity contribution in [3.05, 3.63) is 42.0 Å². The highest BCUT2D eigenvalue weighted by atomic mass is 16.5. The van der Waals surface area contributed by atoms with Crippen LogP contribution in [0.3, 0.4) is 0 Å². The molecule has 0 aliphatic carbocycles. The van der Waals surface area contributed by atoms with Crippen LogP contribution >= 0.6 is 0 Å². The molecule has 0 amide bonds.